The molecule has 0 fully saturated rings. The summed E-state index contributed by atoms with van der Waals surface area (Å²) in [7, 11) is -3.64. The Morgan fingerprint density at radius 3 is 1.88 bits per heavy atom. The number of sulfonamides is 1. The fourth-order valence-electron chi connectivity index (χ4n) is 0.0797. The van der Waals surface area contributed by atoms with Crippen LogP contribution in [-0.2, 0) is 10.0 Å². The summed E-state index contributed by atoms with van der Waals surface area (Å²) in [6.07, 6.45) is 0. The van der Waals surface area contributed by atoms with Gasteiger partial charge in [0.2, 0.25) is 0 Å². The Bertz CT molecular complexity index is 151. The highest BCUT2D eigenvalue weighted by Gasteiger charge is 2.21. The Hall–Kier alpha value is -0.230. The van der Waals surface area contributed by atoms with Crippen LogP contribution in [0.4, 0.5) is 8.78 Å². The van der Waals surface area contributed by atoms with E-state index in [9.17, 15) is 17.2 Å². The molecule has 0 aliphatic heterocycles. The van der Waals surface area contributed by atoms with E-state index < -0.39 is 15.8 Å². The number of halogens is 2. The van der Waals surface area contributed by atoms with Crippen molar-refractivity contribution in [3.05, 3.63) is 0 Å². The third kappa shape index (κ3) is 1.71. The van der Waals surface area contributed by atoms with Crippen molar-refractivity contribution in [1.29, 1.82) is 0 Å². The molecule has 0 saturated heterocycles. The van der Waals surface area contributed by atoms with Gasteiger partial charge < -0.3 is 0 Å². The fourth-order valence-corrected chi connectivity index (χ4v) is 0.239. The van der Waals surface area contributed by atoms with Crippen LogP contribution in [0.3, 0.4) is 0 Å². The first-order valence-corrected chi connectivity index (χ1v) is 3.14. The predicted octanol–water partition coefficient (Wildman–Crippen LogP) is -0.227. The van der Waals surface area contributed by atoms with Crippen molar-refractivity contribution in [2.75, 3.05) is 7.05 Å². The maximum absolute atomic E-state index is 11.1. The third-order valence-corrected chi connectivity index (χ3v) is 1.44. The van der Waals surface area contributed by atoms with Gasteiger partial charge in [-0.1, -0.05) is 0 Å². The minimum atomic E-state index is -4.44. The van der Waals surface area contributed by atoms with Crippen molar-refractivity contribution >= 4 is 10.0 Å². The number of alkyl halides is 2. The van der Waals surface area contributed by atoms with Crippen LogP contribution in [0.1, 0.15) is 0 Å². The van der Waals surface area contributed by atoms with E-state index in [0.29, 0.717) is 0 Å². The van der Waals surface area contributed by atoms with E-state index in [2.05, 4.69) is 4.72 Å². The molecule has 0 aromatic rings. The smallest absolute Gasteiger partial charge is 0.205 e. The van der Waals surface area contributed by atoms with Gasteiger partial charge in [-0.3, -0.25) is 0 Å². The molecule has 0 bridgehead atoms. The Labute approximate surface area is 45.7 Å². The maximum atomic E-state index is 11.1. The van der Waals surface area contributed by atoms with Gasteiger partial charge in [0.25, 0.3) is 10.0 Å². The summed E-state index contributed by atoms with van der Waals surface area (Å²) in [5.74, 6) is -3.38. The van der Waals surface area contributed by atoms with Gasteiger partial charge in [0.15, 0.2) is 0 Å². The monoisotopic (exact) mass is 144 g/mol. The van der Waals surface area contributed by atoms with E-state index in [1.165, 1.54) is 0 Å². The second kappa shape index (κ2) is 2.36. The second-order valence-corrected chi connectivity index (χ2v) is 2.71. The zero-order valence-electron chi connectivity index (χ0n) is 4.01. The van der Waals surface area contributed by atoms with Gasteiger partial charge in [-0.15, -0.1) is 4.72 Å². The zero-order valence-corrected chi connectivity index (χ0v) is 4.82. The largest absolute Gasteiger partial charge is 0.351 e. The van der Waals surface area contributed by atoms with Crippen LogP contribution in [0.2, 0.25) is 0 Å². The van der Waals surface area contributed by atoms with Crippen molar-refractivity contribution in [2.45, 2.75) is 5.76 Å². The molecular formula is C2H4F2NO2S. The molecule has 0 atom stereocenters. The Kier molecular flexibility index (Phi) is 2.29. The predicted molar refractivity (Wildman–Crippen MR) is 23.0 cm³/mol. The first-order chi connectivity index (χ1) is 3.50. The molecule has 0 heterocycles. The lowest BCUT2D eigenvalue weighted by atomic mass is 11.6. The molecule has 8 heavy (non-hydrogen) atoms. The standard InChI is InChI=1S/C2H4F2NO2S/c1-5-8(6,7)2(3)4/h2H,1H3. The molecule has 0 aromatic carbocycles. The van der Waals surface area contributed by atoms with Crippen molar-refractivity contribution in [3.63, 3.8) is 0 Å². The highest BCUT2D eigenvalue weighted by atomic mass is 32.2. The molecule has 0 amide bonds. The summed E-state index contributed by atoms with van der Waals surface area (Å²) >= 11 is 0. The summed E-state index contributed by atoms with van der Waals surface area (Å²) < 4.78 is 44.3. The van der Waals surface area contributed by atoms with E-state index in [0.717, 1.165) is 7.05 Å². The number of nitrogens with zero attached hydrogens (tertiary/aromatic N) is 1. The topological polar surface area (TPSA) is 48.2 Å². The van der Waals surface area contributed by atoms with Gasteiger partial charge in [-0.2, -0.15) is 8.78 Å². The number of hydrogen-bond acceptors (Lipinski definition) is 2. The first kappa shape index (κ1) is 7.77. The van der Waals surface area contributed by atoms with E-state index in [4.69, 9.17) is 0 Å². The second-order valence-electron chi connectivity index (χ2n) is 0.958. The van der Waals surface area contributed by atoms with Crippen LogP contribution in [0.15, 0.2) is 0 Å². The minimum Gasteiger partial charge on any atom is -0.205 e. The molecule has 1 radical (unpaired) electrons. The Morgan fingerprint density at radius 1 is 1.50 bits per heavy atom. The van der Waals surface area contributed by atoms with Crippen molar-refractivity contribution in [2.24, 2.45) is 0 Å². The van der Waals surface area contributed by atoms with Gasteiger partial charge in [0, 0.05) is 7.05 Å². The minimum absolute atomic E-state index is 0.807. The summed E-state index contributed by atoms with van der Waals surface area (Å²) in [6, 6.07) is 0. The summed E-state index contributed by atoms with van der Waals surface area (Å²) in [5.41, 5.74) is 0. The Balaban J connectivity index is 4.17. The van der Waals surface area contributed by atoms with Gasteiger partial charge in [-0.05, 0) is 0 Å². The van der Waals surface area contributed by atoms with E-state index >= 15 is 0 Å². The lowest BCUT2D eigenvalue weighted by Crippen LogP contribution is -2.19. The summed E-state index contributed by atoms with van der Waals surface area (Å²) in [6.45, 7) is 0. The van der Waals surface area contributed by atoms with Crippen LogP contribution in [-0.4, -0.2) is 21.2 Å². The lowest BCUT2D eigenvalue weighted by Gasteiger charge is -1.93. The molecule has 0 rings (SSSR count). The van der Waals surface area contributed by atoms with Crippen LogP contribution < -0.4 is 4.72 Å². The van der Waals surface area contributed by atoms with Crippen LogP contribution in [0.25, 0.3) is 0 Å². The summed E-state index contributed by atoms with van der Waals surface area (Å²) in [4.78, 5) is 0. The zero-order chi connectivity index (χ0) is 6.78. The molecule has 0 aliphatic carbocycles. The average molecular weight is 144 g/mol. The van der Waals surface area contributed by atoms with Crippen molar-refractivity contribution in [1.82, 2.24) is 4.72 Å². The van der Waals surface area contributed by atoms with Crippen molar-refractivity contribution in [3.8, 4) is 0 Å². The van der Waals surface area contributed by atoms with Gasteiger partial charge in [0.05, 0.1) is 0 Å². The highest BCUT2D eigenvalue weighted by molar-refractivity contribution is 7.89. The van der Waals surface area contributed by atoms with E-state index in [1.54, 1.807) is 0 Å². The molecule has 0 saturated carbocycles. The molecule has 0 spiro atoms. The van der Waals surface area contributed by atoms with E-state index in [1.807, 2.05) is 0 Å². The van der Waals surface area contributed by atoms with Gasteiger partial charge >= 0.3 is 5.76 Å². The molecule has 49 valence electrons. The van der Waals surface area contributed by atoms with E-state index in [-0.39, 0.29) is 0 Å². The molecule has 0 aliphatic rings. The number of hydrogen-bond donors (Lipinski definition) is 0. The first-order valence-electron chi connectivity index (χ1n) is 1.64. The van der Waals surface area contributed by atoms with Crippen LogP contribution in [0, 0.1) is 0 Å². The van der Waals surface area contributed by atoms with Crippen LogP contribution >= 0.6 is 0 Å². The SMILES string of the molecule is C[N]S(=O)(=O)C(F)F. The fraction of sp³-hybridized carbons (Fsp3) is 1.00. The lowest BCUT2D eigenvalue weighted by molar-refractivity contribution is 0.233. The third-order valence-electron chi connectivity index (χ3n) is 0.480. The quantitative estimate of drug-likeness (QED) is 0.537. The molecule has 6 heteroatoms. The van der Waals surface area contributed by atoms with Gasteiger partial charge in [0.1, 0.15) is 0 Å². The van der Waals surface area contributed by atoms with Gasteiger partial charge in [-0.25, -0.2) is 8.42 Å². The molecule has 3 nitrogen and oxygen atoms in total. The molecule has 0 aromatic heterocycles. The molecular weight excluding hydrogens is 140 g/mol. The normalized spacial score (nSPS) is 12.5. The van der Waals surface area contributed by atoms with Crippen molar-refractivity contribution < 1.29 is 17.2 Å². The highest BCUT2D eigenvalue weighted by Crippen LogP contribution is 2.00. The molecule has 0 unspecified atom stereocenters. The molecule has 0 N–H and O–H groups in total. The maximum Gasteiger partial charge on any atom is 0.351 e. The Morgan fingerprint density at radius 2 is 1.88 bits per heavy atom. The average Bonchev–Trinajstić information content (AvgIpc) is 1.67. The summed E-state index contributed by atoms with van der Waals surface area (Å²) in [5, 5.41) is 0. The van der Waals surface area contributed by atoms with Crippen LogP contribution in [0.5, 0.6) is 0 Å². The number of rotatable bonds is 2.